The van der Waals surface area contributed by atoms with E-state index >= 15 is 0 Å². The first-order valence-electron chi connectivity index (χ1n) is 9.03. The zero-order valence-corrected chi connectivity index (χ0v) is 16.6. The van der Waals surface area contributed by atoms with E-state index in [2.05, 4.69) is 15.7 Å². The summed E-state index contributed by atoms with van der Waals surface area (Å²) in [5.74, 6) is -1.31. The average Bonchev–Trinajstić information content (AvgIpc) is 3.19. The van der Waals surface area contributed by atoms with Crippen molar-refractivity contribution >= 4 is 40.7 Å². The number of nitrogens with zero attached hydrogens (tertiary/aromatic N) is 4. The van der Waals surface area contributed by atoms with Crippen molar-refractivity contribution in [1.82, 2.24) is 5.01 Å². The second-order valence-corrected chi connectivity index (χ2v) is 7.48. The minimum atomic E-state index is -0.945. The van der Waals surface area contributed by atoms with Crippen molar-refractivity contribution in [3.05, 3.63) is 58.6 Å². The second-order valence-electron chi connectivity index (χ2n) is 7.07. The Balaban J connectivity index is 1.49. The van der Waals surface area contributed by atoms with Gasteiger partial charge in [-0.2, -0.15) is 5.11 Å². The fourth-order valence-electron chi connectivity index (χ4n) is 3.36. The van der Waals surface area contributed by atoms with Crippen molar-refractivity contribution in [2.45, 2.75) is 25.9 Å². The number of rotatable bonds is 4. The minimum absolute atomic E-state index is 0.227. The molecule has 3 amide bonds. The summed E-state index contributed by atoms with van der Waals surface area (Å²) in [5.41, 5.74) is 2.92. The number of carbonyl (C=O) groups is 3. The van der Waals surface area contributed by atoms with E-state index in [1.54, 1.807) is 24.3 Å². The highest BCUT2D eigenvalue weighted by Gasteiger charge is 2.55. The van der Waals surface area contributed by atoms with Crippen LogP contribution in [0.4, 0.5) is 11.4 Å². The second kappa shape index (κ2) is 7.29. The van der Waals surface area contributed by atoms with Crippen LogP contribution in [0.2, 0.25) is 5.02 Å². The number of amides is 3. The molecule has 2 aromatic rings. The summed E-state index contributed by atoms with van der Waals surface area (Å²) in [6.45, 7) is 3.58. The van der Waals surface area contributed by atoms with E-state index in [4.69, 9.17) is 11.6 Å². The Morgan fingerprint density at radius 3 is 2.45 bits per heavy atom. The summed E-state index contributed by atoms with van der Waals surface area (Å²) >= 11 is 6.14. The third kappa shape index (κ3) is 3.47. The molecule has 148 valence electrons. The van der Waals surface area contributed by atoms with Gasteiger partial charge in [-0.05, 0) is 43.7 Å². The van der Waals surface area contributed by atoms with Crippen LogP contribution in [0.15, 0.2) is 52.8 Å². The lowest BCUT2D eigenvalue weighted by Gasteiger charge is -2.20. The van der Waals surface area contributed by atoms with Crippen molar-refractivity contribution in [2.24, 2.45) is 10.3 Å². The van der Waals surface area contributed by atoms with Crippen molar-refractivity contribution < 1.29 is 14.4 Å². The molecule has 2 aliphatic heterocycles. The topological polar surface area (TPSA) is 94.4 Å². The molecular formula is C20H18ClN5O3. The number of anilines is 2. The van der Waals surface area contributed by atoms with Gasteiger partial charge >= 0.3 is 0 Å². The van der Waals surface area contributed by atoms with Crippen molar-refractivity contribution in [3.63, 3.8) is 0 Å². The quantitative estimate of drug-likeness (QED) is 0.782. The first kappa shape index (κ1) is 19.1. The van der Waals surface area contributed by atoms with Gasteiger partial charge in [0.15, 0.2) is 12.1 Å². The number of hydrogen-bond acceptors (Lipinski definition) is 6. The normalized spacial score (nSPS) is 20.4. The number of fused-ring (bicyclic) bond motifs is 1. The lowest BCUT2D eigenvalue weighted by Crippen LogP contribution is -2.43. The Hall–Kier alpha value is -3.26. The summed E-state index contributed by atoms with van der Waals surface area (Å²) in [5, 5.41) is 12.2. The van der Waals surface area contributed by atoms with Crippen LogP contribution < -0.4 is 10.2 Å². The molecule has 1 fully saturated rings. The third-order valence-corrected chi connectivity index (χ3v) is 5.17. The number of aryl methyl sites for hydroxylation is 2. The zero-order valence-electron chi connectivity index (χ0n) is 15.8. The highest BCUT2D eigenvalue weighted by Crippen LogP contribution is 2.32. The van der Waals surface area contributed by atoms with Gasteiger partial charge in [-0.1, -0.05) is 40.6 Å². The van der Waals surface area contributed by atoms with Crippen LogP contribution in [0.1, 0.15) is 11.1 Å². The van der Waals surface area contributed by atoms with E-state index in [1.165, 1.54) is 5.01 Å². The van der Waals surface area contributed by atoms with Crippen LogP contribution in [-0.2, 0) is 14.4 Å². The van der Waals surface area contributed by atoms with Gasteiger partial charge in [0, 0.05) is 0 Å². The van der Waals surface area contributed by atoms with Gasteiger partial charge in [0.25, 0.3) is 11.8 Å². The van der Waals surface area contributed by atoms with Crippen LogP contribution in [0.5, 0.6) is 0 Å². The maximum Gasteiger partial charge on any atom is 0.263 e. The zero-order chi connectivity index (χ0) is 20.7. The van der Waals surface area contributed by atoms with E-state index in [9.17, 15) is 14.4 Å². The summed E-state index contributed by atoms with van der Waals surface area (Å²) in [7, 11) is 0. The SMILES string of the molecule is Cc1ccc(N2C(=O)[C@@H]3N=NN(CC(=O)Nc4ccc(C)cc4Cl)[C@H]3C2=O)cc1. The molecule has 8 nitrogen and oxygen atoms in total. The van der Waals surface area contributed by atoms with Gasteiger partial charge in [-0.25, -0.2) is 4.90 Å². The Morgan fingerprint density at radius 1 is 1.07 bits per heavy atom. The number of halogens is 1. The number of hydrogen-bond donors (Lipinski definition) is 1. The van der Waals surface area contributed by atoms with Crippen LogP contribution in [-0.4, -0.2) is 41.4 Å². The molecule has 4 rings (SSSR count). The molecule has 1 saturated heterocycles. The predicted octanol–water partition coefficient (Wildman–Crippen LogP) is 2.89. The van der Waals surface area contributed by atoms with E-state index in [-0.39, 0.29) is 6.54 Å². The molecule has 0 unspecified atom stereocenters. The van der Waals surface area contributed by atoms with E-state index in [0.717, 1.165) is 16.0 Å². The van der Waals surface area contributed by atoms with E-state index < -0.39 is 29.8 Å². The molecule has 2 atom stereocenters. The first-order valence-corrected chi connectivity index (χ1v) is 9.41. The molecule has 0 saturated carbocycles. The average molecular weight is 412 g/mol. The molecule has 0 radical (unpaired) electrons. The molecule has 1 N–H and O–H groups in total. The third-order valence-electron chi connectivity index (χ3n) is 4.85. The lowest BCUT2D eigenvalue weighted by atomic mass is 10.1. The van der Waals surface area contributed by atoms with Gasteiger partial charge < -0.3 is 5.32 Å². The van der Waals surface area contributed by atoms with Crippen LogP contribution in [0.25, 0.3) is 0 Å². The van der Waals surface area contributed by atoms with Gasteiger partial charge in [-0.15, -0.1) is 0 Å². The Bertz CT molecular complexity index is 1040. The summed E-state index contributed by atoms with van der Waals surface area (Å²) in [6, 6.07) is 10.5. The molecular weight excluding hydrogens is 394 g/mol. The van der Waals surface area contributed by atoms with Crippen molar-refractivity contribution in [3.8, 4) is 0 Å². The molecule has 2 heterocycles. The van der Waals surface area contributed by atoms with Gasteiger partial charge in [-0.3, -0.25) is 19.4 Å². The van der Waals surface area contributed by atoms with Gasteiger partial charge in [0.05, 0.1) is 16.4 Å². The molecule has 0 aliphatic carbocycles. The van der Waals surface area contributed by atoms with Crippen LogP contribution >= 0.6 is 11.6 Å². The van der Waals surface area contributed by atoms with E-state index in [1.807, 2.05) is 32.0 Å². The maximum absolute atomic E-state index is 12.9. The molecule has 29 heavy (non-hydrogen) atoms. The summed E-state index contributed by atoms with van der Waals surface area (Å²) in [4.78, 5) is 39.2. The molecule has 2 aromatic carbocycles. The van der Waals surface area contributed by atoms with E-state index in [0.29, 0.717) is 16.4 Å². The van der Waals surface area contributed by atoms with Crippen LogP contribution in [0, 0.1) is 13.8 Å². The fraction of sp³-hybridized carbons (Fsp3) is 0.250. The van der Waals surface area contributed by atoms with Gasteiger partial charge in [0.2, 0.25) is 5.91 Å². The smallest absolute Gasteiger partial charge is 0.263 e. The monoisotopic (exact) mass is 411 g/mol. The number of nitrogens with one attached hydrogen (secondary N) is 1. The predicted molar refractivity (Wildman–Crippen MR) is 108 cm³/mol. The number of imide groups is 1. The Kier molecular flexibility index (Phi) is 4.79. The largest absolute Gasteiger partial charge is 0.323 e. The number of benzene rings is 2. The molecule has 9 heteroatoms. The standard InChI is InChI=1S/C20H18ClN5O3/c1-11-3-6-13(7-4-11)26-19(28)17-18(20(26)29)25(24-23-17)10-16(27)22-15-8-5-12(2)9-14(15)21/h3-9,17-18H,10H2,1-2H3,(H,22,27)/t17-,18-/m1/s1. The van der Waals surface area contributed by atoms with Crippen LogP contribution in [0.3, 0.4) is 0 Å². The highest BCUT2D eigenvalue weighted by molar-refractivity contribution is 6.33. The fourth-order valence-corrected chi connectivity index (χ4v) is 3.64. The molecule has 0 spiro atoms. The van der Waals surface area contributed by atoms with Crippen molar-refractivity contribution in [1.29, 1.82) is 0 Å². The summed E-state index contributed by atoms with van der Waals surface area (Å²) < 4.78 is 0. The Morgan fingerprint density at radius 2 is 1.76 bits per heavy atom. The Labute approximate surface area is 172 Å². The first-order chi connectivity index (χ1) is 13.8. The highest BCUT2D eigenvalue weighted by atomic mass is 35.5. The van der Waals surface area contributed by atoms with Crippen molar-refractivity contribution in [2.75, 3.05) is 16.8 Å². The summed E-state index contributed by atoms with van der Waals surface area (Å²) in [6.07, 6.45) is 0. The lowest BCUT2D eigenvalue weighted by molar-refractivity contribution is -0.123. The van der Waals surface area contributed by atoms with Gasteiger partial charge in [0.1, 0.15) is 6.54 Å². The molecule has 2 aliphatic rings. The maximum atomic E-state index is 12.9. The molecule has 0 aromatic heterocycles. The number of carbonyl (C=O) groups excluding carboxylic acids is 3. The molecule has 0 bridgehead atoms. The minimum Gasteiger partial charge on any atom is -0.323 e.